The first-order valence-electron chi connectivity index (χ1n) is 31.7. The number of furan rings is 1. The Bertz CT molecular complexity index is 5350. The van der Waals surface area contributed by atoms with Crippen LogP contribution in [0, 0.1) is 0 Å². The van der Waals surface area contributed by atoms with Crippen LogP contribution in [0.4, 0.5) is 68.2 Å². The van der Waals surface area contributed by atoms with Crippen LogP contribution < -0.4 is 36.0 Å². The Balaban J connectivity index is 0.986. The summed E-state index contributed by atoms with van der Waals surface area (Å²) in [6.45, 7) is 13.7. The molecule has 91 heavy (non-hydrogen) atoms. The van der Waals surface area contributed by atoms with Gasteiger partial charge in [0, 0.05) is 83.1 Å². The van der Waals surface area contributed by atoms with Gasteiger partial charge in [-0.25, -0.2) is 0 Å². The minimum atomic E-state index is -0.169. The molecule has 17 rings (SSSR count). The van der Waals surface area contributed by atoms with E-state index in [4.69, 9.17) is 4.42 Å². The highest BCUT2D eigenvalue weighted by Gasteiger charge is 2.45. The average Bonchev–Trinajstić information content (AvgIpc) is 1.14. The number of benzene rings is 13. The smallest absolute Gasteiger partial charge is 0.252 e. The van der Waals surface area contributed by atoms with Crippen molar-refractivity contribution in [2.24, 2.45) is 0 Å². The van der Waals surface area contributed by atoms with E-state index in [9.17, 15) is 0 Å². The van der Waals surface area contributed by atoms with E-state index in [1.807, 2.05) is 17.4 Å². The van der Waals surface area contributed by atoms with E-state index in [-0.39, 0.29) is 17.5 Å². The number of fused-ring (bicyclic) bond motifs is 12. The van der Waals surface area contributed by atoms with E-state index in [0.29, 0.717) is 0 Å². The van der Waals surface area contributed by atoms with Crippen molar-refractivity contribution in [3.63, 3.8) is 0 Å². The number of hydrogen-bond acceptors (Lipinski definition) is 6. The molecule has 5 nitrogen and oxygen atoms in total. The lowest BCUT2D eigenvalue weighted by atomic mass is 9.33. The molecular formula is C84H65BN4OS. The maximum absolute atomic E-state index is 6.51. The first-order valence-corrected chi connectivity index (χ1v) is 32.5. The fourth-order valence-corrected chi connectivity index (χ4v) is 15.6. The lowest BCUT2D eigenvalue weighted by Crippen LogP contribution is -2.61. The van der Waals surface area contributed by atoms with Crippen molar-refractivity contribution in [1.29, 1.82) is 0 Å². The predicted octanol–water partition coefficient (Wildman–Crippen LogP) is 22.4. The van der Waals surface area contributed by atoms with Gasteiger partial charge >= 0.3 is 0 Å². The third-order valence-electron chi connectivity index (χ3n) is 18.9. The molecule has 0 amide bonds. The van der Waals surface area contributed by atoms with Gasteiger partial charge in [0.1, 0.15) is 11.2 Å². The van der Waals surface area contributed by atoms with Crippen LogP contribution in [-0.2, 0) is 10.8 Å². The summed E-state index contributed by atoms with van der Waals surface area (Å²) in [5.41, 5.74) is 23.4. The molecule has 0 unspecified atom stereocenters. The van der Waals surface area contributed by atoms with Crippen molar-refractivity contribution in [3.05, 3.63) is 296 Å². The number of thiophene rings is 1. The van der Waals surface area contributed by atoms with E-state index in [2.05, 4.69) is 340 Å². The molecule has 15 aromatic rings. The Morgan fingerprint density at radius 1 is 0.352 bits per heavy atom. The van der Waals surface area contributed by atoms with Gasteiger partial charge in [-0.1, -0.05) is 211 Å². The van der Waals surface area contributed by atoms with Crippen LogP contribution in [0.3, 0.4) is 0 Å². The Morgan fingerprint density at radius 2 is 0.890 bits per heavy atom. The van der Waals surface area contributed by atoms with Gasteiger partial charge in [-0.05, 0) is 176 Å². The number of hydrogen-bond donors (Lipinski definition) is 0. The molecule has 0 saturated carbocycles. The summed E-state index contributed by atoms with van der Waals surface area (Å²) in [7, 11) is 0. The van der Waals surface area contributed by atoms with Gasteiger partial charge < -0.3 is 24.0 Å². The van der Waals surface area contributed by atoms with Crippen molar-refractivity contribution in [3.8, 4) is 11.1 Å². The van der Waals surface area contributed by atoms with Gasteiger partial charge in [-0.2, -0.15) is 0 Å². The molecule has 0 atom stereocenters. The zero-order chi connectivity index (χ0) is 61.3. The lowest BCUT2D eigenvalue weighted by Gasteiger charge is -2.45. The molecule has 2 aliphatic heterocycles. The van der Waals surface area contributed by atoms with Crippen molar-refractivity contribution in [2.45, 2.75) is 52.4 Å². The molecule has 0 N–H and O–H groups in total. The lowest BCUT2D eigenvalue weighted by molar-refractivity contribution is 0.590. The molecule has 0 spiro atoms. The minimum Gasteiger partial charge on any atom is -0.456 e. The molecule has 436 valence electrons. The molecule has 7 heteroatoms. The Kier molecular flexibility index (Phi) is 12.6. The third-order valence-corrected chi connectivity index (χ3v) is 20.1. The SMILES string of the molecule is CC(C)(C)c1ccc(N2c3cc(N(c4cccc(-c5ccccc5)c4)c4ccc5oc6ccccc6c5c4)ccc3B3c4ccc5c(sc6ccccc65)c4N(c4ccc(C(C)(C)C)cc4)c4cc(N(c5ccccc5)c5ccc6ccccc6c5)cc2c43)cc1. The van der Waals surface area contributed by atoms with E-state index in [1.54, 1.807) is 0 Å². The standard InChI is InChI=1S/C84H65BN4OS/c1-83(2,3)58-33-38-61(39-34-58)88-74-51-66(87(63-27-19-24-57(48-63)54-20-9-7-10-21-54)65-43-47-78-71(50-65)68-28-15-17-30-77(68)90-78)42-45-72(74)85-73-46-44-70-69-29-16-18-31-79(69)91-82(70)81(73)89(62-40-35-59(36-41-62)84(4,5)6)76-53-67(52-75(88)80(76)85)86(60-25-11-8-12-26-60)64-37-32-55-22-13-14-23-56(55)49-64/h7-53H,1-6H3. The van der Waals surface area contributed by atoms with Crippen LogP contribution in [0.1, 0.15) is 52.7 Å². The van der Waals surface area contributed by atoms with Crippen molar-refractivity contribution < 1.29 is 4.42 Å². The molecule has 0 saturated heterocycles. The first kappa shape index (κ1) is 54.5. The second-order valence-electron chi connectivity index (χ2n) is 26.5. The Morgan fingerprint density at radius 3 is 1.64 bits per heavy atom. The van der Waals surface area contributed by atoms with Gasteiger partial charge in [0.15, 0.2) is 0 Å². The summed E-state index contributed by atoms with van der Waals surface area (Å²) in [4.78, 5) is 10.1. The summed E-state index contributed by atoms with van der Waals surface area (Å²) in [5.74, 6) is 0. The fourth-order valence-electron chi connectivity index (χ4n) is 14.4. The molecular weight excluding hydrogens is 1120 g/mol. The summed E-state index contributed by atoms with van der Waals surface area (Å²) in [6.07, 6.45) is 0. The van der Waals surface area contributed by atoms with E-state index in [1.165, 1.54) is 64.1 Å². The van der Waals surface area contributed by atoms with Gasteiger partial charge in [0.05, 0.1) is 16.1 Å². The van der Waals surface area contributed by atoms with Gasteiger partial charge in [0.2, 0.25) is 0 Å². The molecule has 0 radical (unpaired) electrons. The monoisotopic (exact) mass is 1190 g/mol. The molecule has 0 aliphatic carbocycles. The normalized spacial score (nSPS) is 12.9. The highest BCUT2D eigenvalue weighted by molar-refractivity contribution is 7.26. The molecule has 0 bridgehead atoms. The van der Waals surface area contributed by atoms with Crippen LogP contribution in [0.25, 0.3) is 64.0 Å². The highest BCUT2D eigenvalue weighted by Crippen LogP contribution is 2.53. The summed E-state index contributed by atoms with van der Waals surface area (Å²) < 4.78 is 9.06. The zero-order valence-electron chi connectivity index (χ0n) is 51.8. The Labute approximate surface area is 536 Å². The van der Waals surface area contributed by atoms with Crippen LogP contribution >= 0.6 is 11.3 Å². The quantitative estimate of drug-likeness (QED) is 0.134. The van der Waals surface area contributed by atoms with Gasteiger partial charge in [-0.15, -0.1) is 11.3 Å². The van der Waals surface area contributed by atoms with E-state index < -0.39 is 0 Å². The number of rotatable bonds is 9. The van der Waals surface area contributed by atoms with Crippen LogP contribution in [0.5, 0.6) is 0 Å². The maximum Gasteiger partial charge on any atom is 0.252 e. The number of para-hydroxylation sites is 2. The molecule has 2 aliphatic rings. The Hall–Kier alpha value is -10.6. The molecule has 0 fully saturated rings. The van der Waals surface area contributed by atoms with Gasteiger partial charge in [0.25, 0.3) is 6.71 Å². The maximum atomic E-state index is 6.51. The third kappa shape index (κ3) is 9.12. The second kappa shape index (κ2) is 21.0. The van der Waals surface area contributed by atoms with Crippen LogP contribution in [-0.4, -0.2) is 6.71 Å². The van der Waals surface area contributed by atoms with Crippen LogP contribution in [0.2, 0.25) is 0 Å². The van der Waals surface area contributed by atoms with Crippen molar-refractivity contribution in [1.82, 2.24) is 0 Å². The largest absolute Gasteiger partial charge is 0.456 e. The summed E-state index contributed by atoms with van der Waals surface area (Å²) in [5, 5.41) is 7.09. The molecule has 2 aromatic heterocycles. The zero-order valence-corrected chi connectivity index (χ0v) is 52.6. The van der Waals surface area contributed by atoms with Crippen molar-refractivity contribution in [2.75, 3.05) is 19.6 Å². The predicted molar refractivity (Wildman–Crippen MR) is 390 cm³/mol. The fraction of sp³-hybridized carbons (Fsp3) is 0.0952. The van der Waals surface area contributed by atoms with E-state index >= 15 is 0 Å². The number of anilines is 12. The number of nitrogens with zero attached hydrogens (tertiary/aromatic N) is 4. The summed E-state index contributed by atoms with van der Waals surface area (Å²) in [6, 6.07) is 106. The minimum absolute atomic E-state index is 0.0381. The summed E-state index contributed by atoms with van der Waals surface area (Å²) >= 11 is 1.91. The average molecular weight is 1190 g/mol. The molecule has 4 heterocycles. The molecule has 13 aromatic carbocycles. The van der Waals surface area contributed by atoms with E-state index in [0.717, 1.165) is 95.6 Å². The topological polar surface area (TPSA) is 26.1 Å². The second-order valence-corrected chi connectivity index (χ2v) is 27.6. The van der Waals surface area contributed by atoms with Crippen molar-refractivity contribution >= 4 is 156 Å². The highest BCUT2D eigenvalue weighted by atomic mass is 32.1. The van der Waals surface area contributed by atoms with Gasteiger partial charge in [-0.3, -0.25) is 0 Å². The first-order chi connectivity index (χ1) is 44.4. The van der Waals surface area contributed by atoms with Crippen LogP contribution in [0.15, 0.2) is 290 Å².